The van der Waals surface area contributed by atoms with Crippen LogP contribution in [-0.4, -0.2) is 17.7 Å². The highest BCUT2D eigenvalue weighted by molar-refractivity contribution is 8.00. The van der Waals surface area contributed by atoms with E-state index in [0.717, 1.165) is 29.5 Å². The molecule has 4 heteroatoms. The third-order valence-electron chi connectivity index (χ3n) is 4.31. The maximum absolute atomic E-state index is 12.1. The summed E-state index contributed by atoms with van der Waals surface area (Å²) < 4.78 is 0. The van der Waals surface area contributed by atoms with Crippen molar-refractivity contribution in [3.8, 4) is 0 Å². The minimum Gasteiger partial charge on any atom is -0.324 e. The lowest BCUT2D eigenvalue weighted by molar-refractivity contribution is -0.117. The van der Waals surface area contributed by atoms with Gasteiger partial charge in [0.1, 0.15) is 6.04 Å². The maximum Gasteiger partial charge on any atom is 0.246 e. The molecule has 0 radical (unpaired) electrons. The van der Waals surface area contributed by atoms with E-state index in [9.17, 15) is 4.79 Å². The topological polar surface area (TPSA) is 41.1 Å². The molecule has 1 fully saturated rings. The molecule has 2 aliphatic rings. The molecule has 1 saturated carbocycles. The van der Waals surface area contributed by atoms with Crippen LogP contribution in [-0.2, 0) is 4.79 Å². The molecule has 0 bridgehead atoms. The van der Waals surface area contributed by atoms with Crippen LogP contribution in [0, 0.1) is 0 Å². The van der Waals surface area contributed by atoms with Crippen LogP contribution in [0.2, 0.25) is 0 Å². The number of carbonyl (C=O) groups is 1. The number of carbonyl (C=O) groups excluding carboxylic acids is 1. The van der Waals surface area contributed by atoms with Crippen LogP contribution < -0.4 is 10.6 Å². The van der Waals surface area contributed by atoms with Crippen LogP contribution in [0.15, 0.2) is 23.1 Å². The molecule has 1 unspecified atom stereocenters. The van der Waals surface area contributed by atoms with E-state index in [-0.39, 0.29) is 11.9 Å². The normalized spacial score (nSPS) is 22.1. The van der Waals surface area contributed by atoms with Crippen molar-refractivity contribution in [2.24, 2.45) is 0 Å². The van der Waals surface area contributed by atoms with Crippen molar-refractivity contribution in [3.05, 3.63) is 23.8 Å². The highest BCUT2D eigenvalue weighted by Gasteiger charge is 2.30. The highest BCUT2D eigenvalue weighted by atomic mass is 32.2. The Morgan fingerprint density at radius 3 is 2.86 bits per heavy atom. The predicted octanol–water partition coefficient (Wildman–Crippen LogP) is 4.10. The van der Waals surface area contributed by atoms with Crippen molar-refractivity contribution in [2.75, 3.05) is 11.9 Å². The Kier molecular flexibility index (Phi) is 4.86. The van der Waals surface area contributed by atoms with E-state index >= 15 is 0 Å². The van der Waals surface area contributed by atoms with E-state index in [1.54, 1.807) is 0 Å². The van der Waals surface area contributed by atoms with Crippen molar-refractivity contribution >= 4 is 23.4 Å². The lowest BCUT2D eigenvalue weighted by atomic mass is 10.0. The van der Waals surface area contributed by atoms with Gasteiger partial charge in [-0.25, -0.2) is 0 Å². The molecule has 3 rings (SSSR count). The lowest BCUT2D eigenvalue weighted by Gasteiger charge is -2.21. The molecule has 1 heterocycles. The quantitative estimate of drug-likeness (QED) is 0.860. The van der Waals surface area contributed by atoms with Gasteiger partial charge in [-0.3, -0.25) is 4.79 Å². The Bertz CT molecular complexity index is 512. The molecule has 21 heavy (non-hydrogen) atoms. The van der Waals surface area contributed by atoms with Crippen LogP contribution in [0.5, 0.6) is 0 Å². The van der Waals surface area contributed by atoms with E-state index in [1.165, 1.54) is 37.0 Å². The fourth-order valence-corrected chi connectivity index (χ4v) is 4.47. The van der Waals surface area contributed by atoms with Gasteiger partial charge in [-0.1, -0.05) is 32.3 Å². The van der Waals surface area contributed by atoms with Gasteiger partial charge in [-0.05, 0) is 37.9 Å². The minimum atomic E-state index is -0.173. The smallest absolute Gasteiger partial charge is 0.246 e. The fraction of sp³-hybridized carbons (Fsp3) is 0.588. The Morgan fingerprint density at radius 2 is 2.10 bits per heavy atom. The van der Waals surface area contributed by atoms with Gasteiger partial charge in [-0.15, -0.1) is 11.8 Å². The summed E-state index contributed by atoms with van der Waals surface area (Å²) >= 11 is 1.98. The summed E-state index contributed by atoms with van der Waals surface area (Å²) in [5.41, 5.74) is 2.09. The van der Waals surface area contributed by atoms with Crippen molar-refractivity contribution in [3.63, 3.8) is 0 Å². The zero-order valence-corrected chi connectivity index (χ0v) is 13.5. The van der Waals surface area contributed by atoms with Gasteiger partial charge in [0, 0.05) is 21.4 Å². The second-order valence-corrected chi connectivity index (χ2v) is 7.38. The number of fused-ring (bicyclic) bond motifs is 1. The molecule has 0 aromatic heterocycles. The van der Waals surface area contributed by atoms with Crippen LogP contribution in [0.25, 0.3) is 0 Å². The SMILES string of the molecule is CCCNC1C(=O)Nc2cc(SC3CCCCC3)ccc21. The van der Waals surface area contributed by atoms with E-state index in [2.05, 4.69) is 35.8 Å². The molecule has 1 aliphatic heterocycles. The fourth-order valence-electron chi connectivity index (χ4n) is 3.18. The second kappa shape index (κ2) is 6.84. The highest BCUT2D eigenvalue weighted by Crippen LogP contribution is 2.38. The van der Waals surface area contributed by atoms with Crippen LogP contribution >= 0.6 is 11.8 Å². The largest absolute Gasteiger partial charge is 0.324 e. The third kappa shape index (κ3) is 3.43. The van der Waals surface area contributed by atoms with Gasteiger partial charge >= 0.3 is 0 Å². The lowest BCUT2D eigenvalue weighted by Crippen LogP contribution is -2.27. The number of rotatable bonds is 5. The molecule has 0 spiro atoms. The molecule has 1 amide bonds. The predicted molar refractivity (Wildman–Crippen MR) is 88.8 cm³/mol. The van der Waals surface area contributed by atoms with E-state index < -0.39 is 0 Å². The maximum atomic E-state index is 12.1. The molecular formula is C17H24N2OS. The van der Waals surface area contributed by atoms with Gasteiger partial charge < -0.3 is 10.6 Å². The molecule has 1 aromatic carbocycles. The Hall–Kier alpha value is -1.00. The zero-order valence-electron chi connectivity index (χ0n) is 12.7. The van der Waals surface area contributed by atoms with Gasteiger partial charge in [0.15, 0.2) is 0 Å². The number of hydrogen-bond donors (Lipinski definition) is 2. The monoisotopic (exact) mass is 304 g/mol. The first kappa shape index (κ1) is 14.9. The number of nitrogens with one attached hydrogen (secondary N) is 2. The number of amides is 1. The first-order valence-corrected chi connectivity index (χ1v) is 9.00. The molecular weight excluding hydrogens is 280 g/mol. The first-order chi connectivity index (χ1) is 10.3. The average Bonchev–Trinajstić information content (AvgIpc) is 2.81. The van der Waals surface area contributed by atoms with Crippen molar-refractivity contribution in [1.82, 2.24) is 5.32 Å². The Morgan fingerprint density at radius 1 is 1.29 bits per heavy atom. The summed E-state index contributed by atoms with van der Waals surface area (Å²) in [5.74, 6) is 0.0817. The van der Waals surface area contributed by atoms with Crippen molar-refractivity contribution in [2.45, 2.75) is 61.6 Å². The number of benzene rings is 1. The molecule has 1 aromatic rings. The van der Waals surface area contributed by atoms with Crippen LogP contribution in [0.3, 0.4) is 0 Å². The standard InChI is InChI=1S/C17H24N2OS/c1-2-10-18-16-14-9-8-13(11-15(14)19-17(16)20)21-12-6-4-3-5-7-12/h8-9,11-12,16,18H,2-7,10H2,1H3,(H,19,20). The molecule has 114 valence electrons. The molecule has 2 N–H and O–H groups in total. The number of anilines is 1. The van der Waals surface area contributed by atoms with Crippen molar-refractivity contribution < 1.29 is 4.79 Å². The first-order valence-electron chi connectivity index (χ1n) is 8.13. The van der Waals surface area contributed by atoms with Gasteiger partial charge in [0.05, 0.1) is 0 Å². The summed E-state index contributed by atoms with van der Waals surface area (Å²) in [5, 5.41) is 7.09. The van der Waals surface area contributed by atoms with E-state index in [4.69, 9.17) is 0 Å². The van der Waals surface area contributed by atoms with Crippen molar-refractivity contribution in [1.29, 1.82) is 0 Å². The summed E-state index contributed by atoms with van der Waals surface area (Å²) in [6.45, 7) is 2.99. The number of hydrogen-bond acceptors (Lipinski definition) is 3. The van der Waals surface area contributed by atoms with Crippen LogP contribution in [0.1, 0.15) is 57.1 Å². The third-order valence-corrected chi connectivity index (χ3v) is 5.64. The summed E-state index contributed by atoms with van der Waals surface area (Å²) in [7, 11) is 0. The number of thioether (sulfide) groups is 1. The molecule has 3 nitrogen and oxygen atoms in total. The second-order valence-electron chi connectivity index (χ2n) is 6.00. The molecule has 1 atom stereocenters. The van der Waals surface area contributed by atoms with Gasteiger partial charge in [0.2, 0.25) is 5.91 Å². The van der Waals surface area contributed by atoms with Crippen LogP contribution in [0.4, 0.5) is 5.69 Å². The van der Waals surface area contributed by atoms with E-state index in [0.29, 0.717) is 0 Å². The summed E-state index contributed by atoms with van der Waals surface area (Å²) in [4.78, 5) is 13.3. The van der Waals surface area contributed by atoms with E-state index in [1.807, 2.05) is 11.8 Å². The Balaban J connectivity index is 1.70. The Labute approximate surface area is 131 Å². The molecule has 0 saturated heterocycles. The van der Waals surface area contributed by atoms with Gasteiger partial charge in [0.25, 0.3) is 0 Å². The zero-order chi connectivity index (χ0) is 14.7. The summed E-state index contributed by atoms with van der Waals surface area (Å²) in [6.07, 6.45) is 7.81. The minimum absolute atomic E-state index is 0.0817. The van der Waals surface area contributed by atoms with Gasteiger partial charge in [-0.2, -0.15) is 0 Å². The molecule has 1 aliphatic carbocycles. The average molecular weight is 304 g/mol. The summed E-state index contributed by atoms with van der Waals surface area (Å²) in [6, 6.07) is 6.28.